The molecule has 2 aliphatic rings. The normalized spacial score (nSPS) is 22.6. The summed E-state index contributed by atoms with van der Waals surface area (Å²) in [6, 6.07) is 5.48. The van der Waals surface area contributed by atoms with Crippen LogP contribution in [0.15, 0.2) is 18.2 Å². The van der Waals surface area contributed by atoms with Gasteiger partial charge < -0.3 is 14.8 Å². The first kappa shape index (κ1) is 11.5. The number of rotatable bonds is 2. The smallest absolute Gasteiger partial charge is 0.167 e. The molecule has 0 spiro atoms. The molecule has 1 N–H and O–H groups in total. The number of nitrogens with one attached hydrogen (secondary N) is 1. The molecule has 0 amide bonds. The summed E-state index contributed by atoms with van der Waals surface area (Å²) in [7, 11) is 0. The van der Waals surface area contributed by atoms with Crippen molar-refractivity contribution in [2.45, 2.75) is 12.8 Å². The number of carbonyl (C=O) groups excluding carboxylic acids is 1. The van der Waals surface area contributed by atoms with Crippen LogP contribution in [0.5, 0.6) is 11.5 Å². The summed E-state index contributed by atoms with van der Waals surface area (Å²) in [5, 5.41) is 3.27. The maximum Gasteiger partial charge on any atom is 0.167 e. The lowest BCUT2D eigenvalue weighted by molar-refractivity contribution is 0.0898. The molecule has 1 fully saturated rings. The quantitative estimate of drug-likeness (QED) is 0.807. The molecule has 4 heteroatoms. The highest BCUT2D eigenvalue weighted by atomic mass is 16.6. The van der Waals surface area contributed by atoms with E-state index < -0.39 is 0 Å². The summed E-state index contributed by atoms with van der Waals surface area (Å²) in [6.07, 6.45) is 2.04. The molecule has 4 nitrogen and oxygen atoms in total. The minimum atomic E-state index is 0.0984. The number of carbonyl (C=O) groups is 1. The van der Waals surface area contributed by atoms with Gasteiger partial charge in [-0.3, -0.25) is 4.79 Å². The van der Waals surface area contributed by atoms with Gasteiger partial charge in [0.25, 0.3) is 0 Å². The molecule has 0 aromatic heterocycles. The molecule has 0 saturated carbocycles. The predicted octanol–water partition coefficient (Wildman–Crippen LogP) is 1.64. The van der Waals surface area contributed by atoms with E-state index in [4.69, 9.17) is 9.47 Å². The van der Waals surface area contributed by atoms with Crippen LogP contribution in [-0.2, 0) is 0 Å². The minimum absolute atomic E-state index is 0.0984. The van der Waals surface area contributed by atoms with Crippen molar-refractivity contribution in [2.24, 2.45) is 5.92 Å². The first-order valence-corrected chi connectivity index (χ1v) is 6.49. The lowest BCUT2D eigenvalue weighted by Gasteiger charge is -2.23. The second-order valence-electron chi connectivity index (χ2n) is 4.77. The highest BCUT2D eigenvalue weighted by Crippen LogP contribution is 2.31. The Balaban J connectivity index is 1.80. The van der Waals surface area contributed by atoms with Crippen LogP contribution in [0.1, 0.15) is 23.2 Å². The van der Waals surface area contributed by atoms with E-state index in [1.54, 1.807) is 0 Å². The van der Waals surface area contributed by atoms with Crippen LogP contribution in [0.4, 0.5) is 0 Å². The Labute approximate surface area is 106 Å². The van der Waals surface area contributed by atoms with Crippen LogP contribution < -0.4 is 14.8 Å². The van der Waals surface area contributed by atoms with E-state index in [9.17, 15) is 4.79 Å². The molecule has 2 aliphatic heterocycles. The summed E-state index contributed by atoms with van der Waals surface area (Å²) in [5.41, 5.74) is 0.730. The first-order valence-electron chi connectivity index (χ1n) is 6.49. The van der Waals surface area contributed by atoms with Crippen molar-refractivity contribution in [1.82, 2.24) is 5.32 Å². The number of benzene rings is 1. The van der Waals surface area contributed by atoms with Crippen LogP contribution >= 0.6 is 0 Å². The van der Waals surface area contributed by atoms with Gasteiger partial charge in [0.05, 0.1) is 0 Å². The van der Waals surface area contributed by atoms with Crippen LogP contribution in [0.25, 0.3) is 0 Å². The van der Waals surface area contributed by atoms with Gasteiger partial charge in [0.1, 0.15) is 13.2 Å². The third-order valence-corrected chi connectivity index (χ3v) is 3.49. The predicted molar refractivity (Wildman–Crippen MR) is 67.4 cm³/mol. The van der Waals surface area contributed by atoms with Gasteiger partial charge in [-0.15, -0.1) is 0 Å². The van der Waals surface area contributed by atoms with E-state index >= 15 is 0 Å². The van der Waals surface area contributed by atoms with Gasteiger partial charge in [-0.25, -0.2) is 0 Å². The molecule has 1 aromatic rings. The number of hydrogen-bond acceptors (Lipinski definition) is 4. The Morgan fingerprint density at radius 3 is 2.83 bits per heavy atom. The van der Waals surface area contributed by atoms with Crippen LogP contribution in [0.3, 0.4) is 0 Å². The molecule has 0 bridgehead atoms. The standard InChI is InChI=1S/C14H17NO3/c16-14(11-2-1-5-15-9-11)10-3-4-12-13(8-10)18-7-6-17-12/h3-4,8,11,15H,1-2,5-7,9H2. The zero-order chi connectivity index (χ0) is 12.4. The summed E-state index contributed by atoms with van der Waals surface area (Å²) in [4.78, 5) is 12.3. The number of Topliss-reactive ketones (excluding diaryl/α,β-unsaturated/α-hetero) is 1. The van der Waals surface area contributed by atoms with Crippen molar-refractivity contribution >= 4 is 5.78 Å². The summed E-state index contributed by atoms with van der Waals surface area (Å²) >= 11 is 0. The Morgan fingerprint density at radius 2 is 2.06 bits per heavy atom. The molecular weight excluding hydrogens is 230 g/mol. The molecule has 18 heavy (non-hydrogen) atoms. The van der Waals surface area contributed by atoms with Crippen LogP contribution in [0, 0.1) is 5.92 Å². The number of ether oxygens (including phenoxy) is 2. The zero-order valence-corrected chi connectivity index (χ0v) is 10.3. The highest BCUT2D eigenvalue weighted by Gasteiger charge is 2.23. The minimum Gasteiger partial charge on any atom is -0.486 e. The van der Waals surface area contributed by atoms with E-state index in [1.807, 2.05) is 18.2 Å². The highest BCUT2D eigenvalue weighted by molar-refractivity contribution is 5.98. The fourth-order valence-electron chi connectivity index (χ4n) is 2.51. The molecule has 2 heterocycles. The van der Waals surface area contributed by atoms with E-state index in [0.717, 1.165) is 37.2 Å². The Bertz CT molecular complexity index is 452. The van der Waals surface area contributed by atoms with Gasteiger partial charge in [0.15, 0.2) is 17.3 Å². The monoisotopic (exact) mass is 247 g/mol. The molecule has 3 rings (SSSR count). The van der Waals surface area contributed by atoms with Crippen molar-refractivity contribution in [3.05, 3.63) is 23.8 Å². The second kappa shape index (κ2) is 4.98. The zero-order valence-electron chi connectivity index (χ0n) is 10.3. The number of ketones is 1. The third-order valence-electron chi connectivity index (χ3n) is 3.49. The van der Waals surface area contributed by atoms with Crippen LogP contribution in [0.2, 0.25) is 0 Å². The molecule has 1 aromatic carbocycles. The second-order valence-corrected chi connectivity index (χ2v) is 4.77. The molecule has 0 radical (unpaired) electrons. The van der Waals surface area contributed by atoms with Gasteiger partial charge in [0, 0.05) is 18.0 Å². The lowest BCUT2D eigenvalue weighted by atomic mass is 9.91. The maximum absolute atomic E-state index is 12.3. The van der Waals surface area contributed by atoms with E-state index in [2.05, 4.69) is 5.32 Å². The molecule has 96 valence electrons. The Morgan fingerprint density at radius 1 is 1.22 bits per heavy atom. The van der Waals surface area contributed by atoms with Gasteiger partial charge >= 0.3 is 0 Å². The molecule has 1 unspecified atom stereocenters. The van der Waals surface area contributed by atoms with Gasteiger partial charge in [0.2, 0.25) is 0 Å². The van der Waals surface area contributed by atoms with Crippen molar-refractivity contribution in [2.75, 3.05) is 26.3 Å². The van der Waals surface area contributed by atoms with E-state index in [-0.39, 0.29) is 11.7 Å². The fourth-order valence-corrected chi connectivity index (χ4v) is 2.51. The van der Waals surface area contributed by atoms with Crippen molar-refractivity contribution in [1.29, 1.82) is 0 Å². The SMILES string of the molecule is O=C(c1ccc2c(c1)OCCO2)C1CCCNC1. The molecular formula is C14H17NO3. The molecule has 1 saturated heterocycles. The summed E-state index contributed by atoms with van der Waals surface area (Å²) < 4.78 is 11.0. The van der Waals surface area contributed by atoms with Crippen molar-refractivity contribution < 1.29 is 14.3 Å². The molecule has 1 atom stereocenters. The average Bonchev–Trinajstić information content (AvgIpc) is 2.47. The van der Waals surface area contributed by atoms with E-state index in [0.29, 0.717) is 19.0 Å². The van der Waals surface area contributed by atoms with E-state index in [1.165, 1.54) is 0 Å². The topological polar surface area (TPSA) is 47.6 Å². The lowest BCUT2D eigenvalue weighted by Crippen LogP contribution is -2.34. The summed E-state index contributed by atoms with van der Waals surface area (Å²) in [5.74, 6) is 1.73. The maximum atomic E-state index is 12.3. The molecule has 0 aliphatic carbocycles. The van der Waals surface area contributed by atoms with Gasteiger partial charge in [-0.1, -0.05) is 0 Å². The van der Waals surface area contributed by atoms with Crippen molar-refractivity contribution in [3.63, 3.8) is 0 Å². The Hall–Kier alpha value is -1.55. The first-order chi connectivity index (χ1) is 8.84. The third kappa shape index (κ3) is 2.20. The number of hydrogen-bond donors (Lipinski definition) is 1. The Kier molecular flexibility index (Phi) is 3.19. The van der Waals surface area contributed by atoms with Gasteiger partial charge in [-0.2, -0.15) is 0 Å². The number of fused-ring (bicyclic) bond motifs is 1. The summed E-state index contributed by atoms with van der Waals surface area (Å²) in [6.45, 7) is 2.93. The average molecular weight is 247 g/mol. The van der Waals surface area contributed by atoms with Crippen LogP contribution in [-0.4, -0.2) is 32.1 Å². The van der Waals surface area contributed by atoms with Crippen molar-refractivity contribution in [3.8, 4) is 11.5 Å². The largest absolute Gasteiger partial charge is 0.486 e. The fraction of sp³-hybridized carbons (Fsp3) is 0.500. The van der Waals surface area contributed by atoms with Gasteiger partial charge in [-0.05, 0) is 37.6 Å². The number of piperidine rings is 1.